The molecule has 1 aliphatic rings. The Bertz CT molecular complexity index is 1170. The molecule has 0 bridgehead atoms. The summed E-state index contributed by atoms with van der Waals surface area (Å²) in [5, 5.41) is 54.4. The number of carbonyl (C=O) groups excluding carboxylic acids is 1. The van der Waals surface area contributed by atoms with Gasteiger partial charge >= 0.3 is 0 Å². The monoisotopic (exact) mass is 932 g/mol. The van der Waals surface area contributed by atoms with Gasteiger partial charge in [-0.25, -0.2) is 0 Å². The van der Waals surface area contributed by atoms with Crippen LogP contribution in [-0.2, 0) is 14.3 Å². The van der Waals surface area contributed by atoms with Crippen molar-refractivity contribution in [3.05, 3.63) is 48.6 Å². The summed E-state index contributed by atoms with van der Waals surface area (Å²) in [5.41, 5.74) is 0. The number of nitrogens with one attached hydrogen (secondary N) is 1. The second-order valence-electron chi connectivity index (χ2n) is 19.4. The van der Waals surface area contributed by atoms with Crippen LogP contribution in [-0.4, -0.2) is 87.5 Å². The zero-order valence-electron chi connectivity index (χ0n) is 42.7. The van der Waals surface area contributed by atoms with Crippen LogP contribution in [0.2, 0.25) is 0 Å². The fourth-order valence-electron chi connectivity index (χ4n) is 8.69. The van der Waals surface area contributed by atoms with Crippen LogP contribution in [0.15, 0.2) is 48.6 Å². The number of hydrogen-bond donors (Lipinski definition) is 6. The molecule has 0 aliphatic carbocycles. The van der Waals surface area contributed by atoms with Gasteiger partial charge in [-0.15, -0.1) is 0 Å². The number of carbonyl (C=O) groups is 1. The first-order valence-electron chi connectivity index (χ1n) is 27.9. The minimum atomic E-state index is -1.57. The number of aliphatic hydroxyl groups is 5. The molecule has 9 heteroatoms. The number of rotatable bonds is 47. The predicted octanol–water partition coefficient (Wildman–Crippen LogP) is 13.3. The average molecular weight is 932 g/mol. The molecule has 7 atom stereocenters. The lowest BCUT2D eigenvalue weighted by atomic mass is 9.99. The summed E-state index contributed by atoms with van der Waals surface area (Å²) in [5.74, 6) is -0.178. The molecule has 66 heavy (non-hydrogen) atoms. The topological polar surface area (TPSA) is 149 Å². The molecule has 0 aromatic rings. The van der Waals surface area contributed by atoms with Gasteiger partial charge in [0.15, 0.2) is 6.29 Å². The highest BCUT2D eigenvalue weighted by atomic mass is 16.7. The van der Waals surface area contributed by atoms with Gasteiger partial charge in [-0.05, 0) is 57.8 Å². The molecule has 0 saturated carbocycles. The molecule has 1 heterocycles. The summed E-state index contributed by atoms with van der Waals surface area (Å²) in [4.78, 5) is 13.0. The van der Waals surface area contributed by atoms with Crippen molar-refractivity contribution in [1.29, 1.82) is 0 Å². The molecule has 0 aromatic heterocycles. The number of hydrogen-bond acceptors (Lipinski definition) is 8. The molecule has 9 nitrogen and oxygen atoms in total. The number of aliphatic hydroxyl groups excluding tert-OH is 5. The summed E-state index contributed by atoms with van der Waals surface area (Å²) in [6, 6.07) is -0.806. The summed E-state index contributed by atoms with van der Waals surface area (Å²) in [6.07, 6.45) is 54.5. The molecule has 0 aromatic carbocycles. The number of allylic oxidation sites excluding steroid dienone is 7. The molecule has 0 spiro atoms. The Morgan fingerprint density at radius 1 is 0.515 bits per heavy atom. The van der Waals surface area contributed by atoms with Crippen LogP contribution in [0.4, 0.5) is 0 Å². The Morgan fingerprint density at radius 2 is 0.894 bits per heavy atom. The molecule has 6 N–H and O–H groups in total. The van der Waals surface area contributed by atoms with Crippen LogP contribution in [0.5, 0.6) is 0 Å². The van der Waals surface area contributed by atoms with Crippen LogP contribution in [0.25, 0.3) is 0 Å². The van der Waals surface area contributed by atoms with Crippen molar-refractivity contribution in [2.45, 2.75) is 294 Å². The van der Waals surface area contributed by atoms with Gasteiger partial charge in [-0.1, -0.05) is 236 Å². The van der Waals surface area contributed by atoms with Crippen molar-refractivity contribution in [3.63, 3.8) is 0 Å². The van der Waals surface area contributed by atoms with Gasteiger partial charge in [0, 0.05) is 6.42 Å². The summed E-state index contributed by atoms with van der Waals surface area (Å²) in [7, 11) is 0. The van der Waals surface area contributed by atoms with Crippen molar-refractivity contribution >= 4 is 5.91 Å². The number of amides is 1. The van der Waals surface area contributed by atoms with E-state index < -0.39 is 49.5 Å². The first kappa shape index (κ1) is 62.2. The second-order valence-corrected chi connectivity index (χ2v) is 19.4. The lowest BCUT2D eigenvalue weighted by Gasteiger charge is -2.40. The van der Waals surface area contributed by atoms with Crippen molar-refractivity contribution < 1.29 is 39.8 Å². The number of unbranched alkanes of at least 4 members (excludes halogenated alkanes) is 31. The van der Waals surface area contributed by atoms with Crippen LogP contribution in [0.1, 0.15) is 251 Å². The minimum Gasteiger partial charge on any atom is -0.394 e. The van der Waals surface area contributed by atoms with E-state index in [0.29, 0.717) is 6.42 Å². The Balaban J connectivity index is 2.22. The van der Waals surface area contributed by atoms with E-state index in [-0.39, 0.29) is 12.5 Å². The smallest absolute Gasteiger partial charge is 0.220 e. The molecule has 386 valence electrons. The largest absolute Gasteiger partial charge is 0.394 e. The maximum Gasteiger partial charge on any atom is 0.220 e. The van der Waals surface area contributed by atoms with Crippen LogP contribution < -0.4 is 5.32 Å². The van der Waals surface area contributed by atoms with Gasteiger partial charge in [0.2, 0.25) is 5.91 Å². The van der Waals surface area contributed by atoms with E-state index in [4.69, 9.17) is 9.47 Å². The van der Waals surface area contributed by atoms with E-state index in [1.54, 1.807) is 6.08 Å². The SMILES string of the molecule is CCCCCCC/C=C\C/C=C\C/C=C\CCCCCCCCCCCCCCC(=O)NC(COC1OC(CO)C(O)C(O)C1O)C(O)/C=C/CCCCCCCCCCCCCCCC. The fraction of sp³-hybridized carbons (Fsp3) is 0.842. The van der Waals surface area contributed by atoms with Crippen molar-refractivity contribution in [3.8, 4) is 0 Å². The zero-order chi connectivity index (χ0) is 48.0. The van der Waals surface area contributed by atoms with E-state index in [1.807, 2.05) is 6.08 Å². The first-order chi connectivity index (χ1) is 32.3. The molecule has 1 aliphatic heterocycles. The second kappa shape index (κ2) is 46.9. The van der Waals surface area contributed by atoms with E-state index >= 15 is 0 Å². The molecule has 1 rings (SSSR count). The van der Waals surface area contributed by atoms with E-state index in [0.717, 1.165) is 51.4 Å². The van der Waals surface area contributed by atoms with Crippen LogP contribution >= 0.6 is 0 Å². The Kier molecular flexibility index (Phi) is 44.1. The predicted molar refractivity (Wildman–Crippen MR) is 276 cm³/mol. The highest BCUT2D eigenvalue weighted by Crippen LogP contribution is 2.23. The molecular formula is C57H105NO8. The normalized spacial score (nSPS) is 20.1. The average Bonchev–Trinajstić information content (AvgIpc) is 3.32. The summed E-state index contributed by atoms with van der Waals surface area (Å²) >= 11 is 0. The summed E-state index contributed by atoms with van der Waals surface area (Å²) in [6.45, 7) is 3.78. The summed E-state index contributed by atoms with van der Waals surface area (Å²) < 4.78 is 11.3. The fourth-order valence-corrected chi connectivity index (χ4v) is 8.69. The third-order valence-corrected chi connectivity index (χ3v) is 13.1. The number of ether oxygens (including phenoxy) is 2. The molecule has 1 fully saturated rings. The first-order valence-corrected chi connectivity index (χ1v) is 27.9. The zero-order valence-corrected chi connectivity index (χ0v) is 42.7. The third kappa shape index (κ3) is 36.2. The third-order valence-electron chi connectivity index (χ3n) is 13.1. The van der Waals surface area contributed by atoms with Gasteiger partial charge in [0.05, 0.1) is 25.4 Å². The van der Waals surface area contributed by atoms with Gasteiger partial charge in [-0.3, -0.25) is 4.79 Å². The van der Waals surface area contributed by atoms with Gasteiger partial charge < -0.3 is 40.3 Å². The van der Waals surface area contributed by atoms with Gasteiger partial charge in [0.1, 0.15) is 24.4 Å². The highest BCUT2D eigenvalue weighted by molar-refractivity contribution is 5.76. The van der Waals surface area contributed by atoms with Crippen molar-refractivity contribution in [2.75, 3.05) is 13.2 Å². The molecule has 1 amide bonds. The van der Waals surface area contributed by atoms with Crippen LogP contribution in [0, 0.1) is 0 Å². The Labute approximate surface area is 405 Å². The molecule has 7 unspecified atom stereocenters. The minimum absolute atomic E-state index is 0.178. The Morgan fingerprint density at radius 3 is 1.32 bits per heavy atom. The van der Waals surface area contributed by atoms with Crippen molar-refractivity contribution in [2.24, 2.45) is 0 Å². The Hall–Kier alpha value is -1.85. The van der Waals surface area contributed by atoms with Gasteiger partial charge in [0.25, 0.3) is 0 Å². The van der Waals surface area contributed by atoms with E-state index in [9.17, 15) is 30.3 Å². The quantitative estimate of drug-likeness (QED) is 0.0261. The molecular weight excluding hydrogens is 827 g/mol. The lowest BCUT2D eigenvalue weighted by Crippen LogP contribution is -2.60. The maximum atomic E-state index is 13.0. The molecule has 1 saturated heterocycles. The van der Waals surface area contributed by atoms with Crippen LogP contribution in [0.3, 0.4) is 0 Å². The lowest BCUT2D eigenvalue weighted by molar-refractivity contribution is -0.302. The van der Waals surface area contributed by atoms with Crippen molar-refractivity contribution in [1.82, 2.24) is 5.32 Å². The standard InChI is InChI=1S/C57H105NO8/c1-3-5-7-9-11-13-15-17-19-21-22-23-24-25-26-27-28-29-30-31-33-35-37-39-41-43-45-47-53(61)58-50(49-65-57-56(64)55(63)54(62)52(48-59)66-57)51(60)46-44-42-40-38-36-34-32-20-18-16-14-12-10-8-6-4-2/h15,17,21-22,24-25,44,46,50-52,54-57,59-60,62-64H,3-14,16,18-20,23,26-43,45,47-49H2,1-2H3,(H,58,61)/b17-15-,22-21-,25-24-,46-44+. The van der Waals surface area contributed by atoms with E-state index in [2.05, 4.69) is 55.6 Å². The van der Waals surface area contributed by atoms with Gasteiger partial charge in [-0.2, -0.15) is 0 Å². The highest BCUT2D eigenvalue weighted by Gasteiger charge is 2.44. The molecule has 0 radical (unpaired) electrons. The maximum absolute atomic E-state index is 13.0. The van der Waals surface area contributed by atoms with E-state index in [1.165, 1.54) is 180 Å².